The van der Waals surface area contributed by atoms with Gasteiger partial charge in [-0.1, -0.05) is 0 Å². The third-order valence-corrected chi connectivity index (χ3v) is 23.2. The van der Waals surface area contributed by atoms with Crippen LogP contribution in [0.2, 0.25) is 0 Å². The van der Waals surface area contributed by atoms with Gasteiger partial charge in [0.25, 0.3) is 0 Å². The lowest BCUT2D eigenvalue weighted by Crippen LogP contribution is -2.19. The summed E-state index contributed by atoms with van der Waals surface area (Å²) in [5.41, 5.74) is 13.3. The third kappa shape index (κ3) is 10.5. The molecule has 9 rings (SSSR count). The van der Waals surface area contributed by atoms with Gasteiger partial charge in [0.1, 0.15) is 0 Å². The molecular weight excluding hydrogens is 1110 g/mol. The number of aromatic amines is 4. The van der Waals surface area contributed by atoms with Crippen molar-refractivity contribution in [1.29, 1.82) is 0 Å². The lowest BCUT2D eigenvalue weighted by Gasteiger charge is -2.16. The quantitative estimate of drug-likeness (QED) is 0.0697. The molecule has 1 aliphatic rings. The molecule has 4 aromatic carbocycles. The van der Waals surface area contributed by atoms with E-state index in [1.165, 1.54) is 58.7 Å². The summed E-state index contributed by atoms with van der Waals surface area (Å²) in [6, 6.07) is 37.3. The van der Waals surface area contributed by atoms with Crippen LogP contribution in [0.5, 0.6) is 0 Å². The van der Waals surface area contributed by atoms with Gasteiger partial charge in [-0.05, 0) is 194 Å². The number of H-pyrrole nitrogens is 4. The van der Waals surface area contributed by atoms with E-state index >= 15 is 0 Å². The minimum atomic E-state index is 1.04. The van der Waals surface area contributed by atoms with Crippen molar-refractivity contribution in [3.63, 3.8) is 0 Å². The number of rotatable bonds is 16. The zero-order valence-corrected chi connectivity index (χ0v) is 51.9. The fourth-order valence-corrected chi connectivity index (χ4v) is 20.1. The molecule has 0 amide bonds. The van der Waals surface area contributed by atoms with Crippen molar-refractivity contribution in [3.05, 3.63) is 163 Å². The fourth-order valence-electron chi connectivity index (χ4n) is 9.47. The Morgan fingerprint density at radius 3 is 0.556 bits per heavy atom. The van der Waals surface area contributed by atoms with Crippen LogP contribution in [0.4, 0.5) is 0 Å². The van der Waals surface area contributed by atoms with Gasteiger partial charge in [0.05, 0.1) is 0 Å². The number of thioether (sulfide) groups is 12. The molecular formula is C56H56N4S12. The molecule has 4 nitrogen and oxygen atoms in total. The molecule has 72 heavy (non-hydrogen) atoms. The standard InChI is InChI=1S/C56H56N4S12/c1-61-41-21-29(22-42(62-2)53(41)69-9)49-33-13-15-35(57-33)50(30-23-43(63-3)54(70-10)44(24-30)64-4)37-17-19-39(59-37)52(32-27-47(67-7)56(72-12)48(28-32)68-8)40-20-18-38(60-40)51(36-16-14-34(49)58-36)31-25-45(65-5)55(71-11)46(26-31)66-6/h13-28,57-60H,1-12H3. The molecule has 5 heterocycles. The number of hydrogen-bond donors (Lipinski definition) is 4. The molecule has 0 aliphatic carbocycles. The van der Waals surface area contributed by atoms with Crippen LogP contribution in [0.1, 0.15) is 45.0 Å². The second kappa shape index (κ2) is 24.3. The maximum absolute atomic E-state index is 4.08. The summed E-state index contributed by atoms with van der Waals surface area (Å²) in [7, 11) is 0. The smallest absolute Gasteiger partial charge is 0.0485 e. The van der Waals surface area contributed by atoms with Crippen LogP contribution in [0.25, 0.3) is 22.3 Å². The number of hydrogen-bond acceptors (Lipinski definition) is 12. The second-order valence-corrected chi connectivity index (χ2v) is 26.3. The van der Waals surface area contributed by atoms with Gasteiger partial charge in [-0.3, -0.25) is 0 Å². The molecule has 16 heteroatoms. The summed E-state index contributed by atoms with van der Waals surface area (Å²) in [5, 5.41) is 4.16. The molecule has 0 saturated carbocycles. The molecule has 0 fully saturated rings. The van der Waals surface area contributed by atoms with E-state index in [0.29, 0.717) is 0 Å². The van der Waals surface area contributed by atoms with Crippen molar-refractivity contribution in [2.75, 3.05) is 75.1 Å². The van der Waals surface area contributed by atoms with E-state index < -0.39 is 0 Å². The Balaban J connectivity index is 1.48. The first kappa shape index (κ1) is 54.5. The van der Waals surface area contributed by atoms with Crippen molar-refractivity contribution < 1.29 is 0 Å². The van der Waals surface area contributed by atoms with Gasteiger partial charge in [-0.15, -0.1) is 141 Å². The highest BCUT2D eigenvalue weighted by Gasteiger charge is 2.23. The molecule has 1 aliphatic heterocycles. The first-order valence-electron chi connectivity index (χ1n) is 22.6. The Bertz CT molecular complexity index is 3040. The van der Waals surface area contributed by atoms with Crippen LogP contribution >= 0.6 is 141 Å². The van der Waals surface area contributed by atoms with Crippen molar-refractivity contribution in [2.45, 2.75) is 58.7 Å². The summed E-state index contributed by atoms with van der Waals surface area (Å²) in [6.45, 7) is 0. The van der Waals surface area contributed by atoms with E-state index in [4.69, 9.17) is 0 Å². The fraction of sp³-hybridized carbons (Fsp3) is 0.214. The Kier molecular flexibility index (Phi) is 18.4. The van der Waals surface area contributed by atoms with E-state index in [0.717, 1.165) is 88.7 Å². The minimum Gasteiger partial charge on any atom is -0.354 e. The molecule has 8 aromatic rings. The Morgan fingerprint density at radius 1 is 0.222 bits per heavy atom. The number of benzene rings is 4. The zero-order chi connectivity index (χ0) is 50.8. The Hall–Kier alpha value is -2.32. The minimum absolute atomic E-state index is 1.04. The van der Waals surface area contributed by atoms with Gasteiger partial charge in [0.2, 0.25) is 0 Å². The number of nitrogens with one attached hydrogen (secondary N) is 4. The zero-order valence-electron chi connectivity index (χ0n) is 42.1. The van der Waals surface area contributed by atoms with Gasteiger partial charge in [0, 0.05) is 125 Å². The summed E-state index contributed by atoms with van der Waals surface area (Å²) in [4.78, 5) is 31.8. The van der Waals surface area contributed by atoms with Crippen LogP contribution < -0.4 is 21.4 Å². The van der Waals surface area contributed by atoms with Gasteiger partial charge < -0.3 is 19.9 Å². The SMILES string of the molecule is CSc1cc(C2=c3ccc([nH]3)=C(c3cc(SC)c(SC)c(SC)c3)c3ccc([nH]3)C(c3cc(SC)c(SC)c(SC)c3)=c3ccc([nH]3)=C(c3cc(SC)c(SC)c(SC)c3)c3ccc2[nH]3)cc(SC)c1SC. The van der Waals surface area contributed by atoms with Crippen LogP contribution in [0.15, 0.2) is 156 Å². The predicted octanol–water partition coefficient (Wildman–Crippen LogP) is 15.0. The molecule has 0 unspecified atom stereocenters. The van der Waals surface area contributed by atoms with Crippen molar-refractivity contribution >= 4 is 163 Å². The molecule has 0 spiro atoms. The highest BCUT2D eigenvalue weighted by atomic mass is 32.2. The third-order valence-electron chi connectivity index (χ3n) is 12.7. The first-order valence-corrected chi connectivity index (χ1v) is 37.3. The number of fused-ring (bicyclic) bond motifs is 8. The molecule has 4 aromatic heterocycles. The van der Waals surface area contributed by atoms with E-state index in [-0.39, 0.29) is 0 Å². The lowest BCUT2D eigenvalue weighted by atomic mass is 10.0. The highest BCUT2D eigenvalue weighted by Crippen LogP contribution is 2.44. The van der Waals surface area contributed by atoms with E-state index in [9.17, 15) is 0 Å². The van der Waals surface area contributed by atoms with Gasteiger partial charge >= 0.3 is 0 Å². The predicted molar refractivity (Wildman–Crippen MR) is 335 cm³/mol. The van der Waals surface area contributed by atoms with Gasteiger partial charge in [0.15, 0.2) is 0 Å². The van der Waals surface area contributed by atoms with E-state index in [1.54, 1.807) is 0 Å². The van der Waals surface area contributed by atoms with E-state index in [2.05, 4.69) is 192 Å². The van der Waals surface area contributed by atoms with Crippen LogP contribution in [0.3, 0.4) is 0 Å². The summed E-state index contributed by atoms with van der Waals surface area (Å²) in [5.74, 6) is 0. The molecule has 0 radical (unpaired) electrons. The Morgan fingerprint density at radius 2 is 0.403 bits per heavy atom. The molecule has 4 N–H and O–H groups in total. The van der Waals surface area contributed by atoms with Crippen molar-refractivity contribution in [3.8, 4) is 0 Å². The molecule has 8 bridgehead atoms. The van der Waals surface area contributed by atoms with Gasteiger partial charge in [-0.25, -0.2) is 0 Å². The van der Waals surface area contributed by atoms with Crippen LogP contribution in [0, 0.1) is 0 Å². The summed E-state index contributed by atoms with van der Waals surface area (Å²) < 4.78 is 0. The summed E-state index contributed by atoms with van der Waals surface area (Å²) >= 11 is 21.8. The monoisotopic (exact) mass is 1170 g/mol. The average Bonchev–Trinajstić information content (AvgIpc) is 4.28. The molecule has 0 atom stereocenters. The molecule has 0 saturated heterocycles. The Labute approximate surface area is 475 Å². The van der Waals surface area contributed by atoms with Crippen LogP contribution in [-0.4, -0.2) is 95.0 Å². The largest absolute Gasteiger partial charge is 0.354 e. The second-order valence-electron chi connectivity index (χ2n) is 16.3. The average molecular weight is 1170 g/mol. The maximum Gasteiger partial charge on any atom is 0.0485 e. The normalized spacial score (nSPS) is 12.7. The topological polar surface area (TPSA) is 63.2 Å². The lowest BCUT2D eigenvalue weighted by molar-refractivity contribution is 1.10. The van der Waals surface area contributed by atoms with E-state index in [1.807, 2.05) is 141 Å². The van der Waals surface area contributed by atoms with Crippen molar-refractivity contribution in [2.24, 2.45) is 0 Å². The molecule has 372 valence electrons. The first-order chi connectivity index (χ1) is 35.1. The number of aromatic nitrogens is 4. The van der Waals surface area contributed by atoms with Crippen molar-refractivity contribution in [1.82, 2.24) is 19.9 Å². The maximum atomic E-state index is 4.08. The van der Waals surface area contributed by atoms with Crippen LogP contribution in [-0.2, 0) is 0 Å². The summed E-state index contributed by atoms with van der Waals surface area (Å²) in [6.07, 6.45) is 26.3. The highest BCUT2D eigenvalue weighted by molar-refractivity contribution is 8.05. The van der Waals surface area contributed by atoms with Gasteiger partial charge in [-0.2, -0.15) is 0 Å².